The van der Waals surface area contributed by atoms with Crippen molar-refractivity contribution in [2.24, 2.45) is 0 Å². The Balaban J connectivity index is 2.23. The van der Waals surface area contributed by atoms with E-state index in [0.717, 1.165) is 4.31 Å². The number of benzene rings is 2. The molecule has 0 aliphatic carbocycles. The first kappa shape index (κ1) is 18.1. The van der Waals surface area contributed by atoms with Crippen molar-refractivity contribution in [2.45, 2.75) is 4.90 Å². The molecule has 0 saturated carbocycles. The van der Waals surface area contributed by atoms with Crippen LogP contribution in [-0.4, -0.2) is 43.9 Å². The van der Waals surface area contributed by atoms with E-state index in [1.54, 1.807) is 0 Å². The Morgan fingerprint density at radius 2 is 1.88 bits per heavy atom. The number of hydrogen-bond donors (Lipinski definition) is 2. The molecule has 2 rings (SSSR count). The quantitative estimate of drug-likeness (QED) is 0.828. The molecule has 0 aliphatic heterocycles. The second kappa shape index (κ2) is 7.52. The second-order valence-electron chi connectivity index (χ2n) is 5.04. The number of aliphatic hydroxyl groups is 1. The third kappa shape index (κ3) is 4.16. The molecule has 0 radical (unpaired) electrons. The van der Waals surface area contributed by atoms with E-state index in [4.69, 9.17) is 5.11 Å². The van der Waals surface area contributed by atoms with Gasteiger partial charge in [-0.25, -0.2) is 12.8 Å². The number of nitrogens with one attached hydrogen (secondary N) is 1. The Morgan fingerprint density at radius 3 is 2.50 bits per heavy atom. The van der Waals surface area contributed by atoms with Crippen molar-refractivity contribution in [2.75, 3.05) is 25.5 Å². The van der Waals surface area contributed by atoms with Crippen molar-refractivity contribution in [1.29, 1.82) is 0 Å². The first-order valence-corrected chi connectivity index (χ1v) is 8.53. The number of halogens is 1. The first-order chi connectivity index (χ1) is 11.3. The predicted molar refractivity (Wildman–Crippen MR) is 87.7 cm³/mol. The average molecular weight is 352 g/mol. The summed E-state index contributed by atoms with van der Waals surface area (Å²) in [4.78, 5) is 12.2. The molecule has 2 N–H and O–H groups in total. The lowest BCUT2D eigenvalue weighted by Gasteiger charge is -2.16. The fraction of sp³-hybridized carbons (Fsp3) is 0.188. The van der Waals surface area contributed by atoms with E-state index < -0.39 is 21.7 Å². The van der Waals surface area contributed by atoms with Gasteiger partial charge >= 0.3 is 0 Å². The SMILES string of the molecule is CN(CCO)S(=O)(=O)c1cccc(C(=O)Nc2ccc(F)cc2)c1. The van der Waals surface area contributed by atoms with E-state index in [0.29, 0.717) is 5.69 Å². The molecule has 6 nitrogen and oxygen atoms in total. The maximum Gasteiger partial charge on any atom is 0.255 e. The smallest absolute Gasteiger partial charge is 0.255 e. The molecular formula is C16H17FN2O4S. The molecule has 128 valence electrons. The van der Waals surface area contributed by atoms with Crippen LogP contribution in [0, 0.1) is 5.82 Å². The molecule has 2 aromatic carbocycles. The summed E-state index contributed by atoms with van der Waals surface area (Å²) in [6, 6.07) is 10.8. The summed E-state index contributed by atoms with van der Waals surface area (Å²) in [6.45, 7) is -0.352. The molecule has 2 aromatic rings. The summed E-state index contributed by atoms with van der Waals surface area (Å²) in [5.74, 6) is -0.934. The van der Waals surface area contributed by atoms with Gasteiger partial charge in [0, 0.05) is 24.8 Å². The highest BCUT2D eigenvalue weighted by Gasteiger charge is 2.21. The molecule has 0 unspecified atom stereocenters. The zero-order chi connectivity index (χ0) is 17.7. The summed E-state index contributed by atoms with van der Waals surface area (Å²) in [7, 11) is -2.45. The van der Waals surface area contributed by atoms with Crippen LogP contribution in [0.2, 0.25) is 0 Å². The number of rotatable bonds is 6. The van der Waals surface area contributed by atoms with Crippen LogP contribution in [0.4, 0.5) is 10.1 Å². The van der Waals surface area contributed by atoms with Crippen LogP contribution in [0.3, 0.4) is 0 Å². The van der Waals surface area contributed by atoms with Gasteiger partial charge in [-0.05, 0) is 42.5 Å². The molecule has 0 heterocycles. The van der Waals surface area contributed by atoms with E-state index in [9.17, 15) is 17.6 Å². The number of aliphatic hydroxyl groups excluding tert-OH is 1. The number of nitrogens with zero attached hydrogens (tertiary/aromatic N) is 1. The zero-order valence-electron chi connectivity index (χ0n) is 12.9. The minimum absolute atomic E-state index is 0.0473. The Morgan fingerprint density at radius 1 is 1.21 bits per heavy atom. The average Bonchev–Trinajstić information content (AvgIpc) is 2.57. The van der Waals surface area contributed by atoms with Gasteiger partial charge in [0.25, 0.3) is 5.91 Å². The van der Waals surface area contributed by atoms with E-state index in [1.807, 2.05) is 0 Å². The van der Waals surface area contributed by atoms with Crippen LogP contribution in [-0.2, 0) is 10.0 Å². The molecular weight excluding hydrogens is 335 g/mol. The molecule has 0 bridgehead atoms. The lowest BCUT2D eigenvalue weighted by atomic mass is 10.2. The summed E-state index contributed by atoms with van der Waals surface area (Å²) in [6.07, 6.45) is 0. The van der Waals surface area contributed by atoms with Gasteiger partial charge in [0.1, 0.15) is 5.82 Å². The van der Waals surface area contributed by atoms with E-state index >= 15 is 0 Å². The van der Waals surface area contributed by atoms with Crippen LogP contribution in [0.5, 0.6) is 0 Å². The number of hydrogen-bond acceptors (Lipinski definition) is 4. The summed E-state index contributed by atoms with van der Waals surface area (Å²) < 4.78 is 38.5. The van der Waals surface area contributed by atoms with Gasteiger partial charge in [-0.3, -0.25) is 4.79 Å². The largest absolute Gasteiger partial charge is 0.395 e. The molecule has 8 heteroatoms. The normalized spacial score (nSPS) is 11.5. The van der Waals surface area contributed by atoms with Crippen LogP contribution in [0.1, 0.15) is 10.4 Å². The van der Waals surface area contributed by atoms with E-state index in [-0.39, 0.29) is 23.6 Å². The maximum absolute atomic E-state index is 12.9. The number of carbonyl (C=O) groups excluding carboxylic acids is 1. The fourth-order valence-corrected chi connectivity index (χ4v) is 3.18. The van der Waals surface area contributed by atoms with Gasteiger partial charge < -0.3 is 10.4 Å². The third-order valence-electron chi connectivity index (χ3n) is 3.32. The van der Waals surface area contributed by atoms with Crippen LogP contribution < -0.4 is 5.32 Å². The molecule has 0 atom stereocenters. The Labute approximate surface area is 139 Å². The molecule has 0 fully saturated rings. The van der Waals surface area contributed by atoms with Crippen molar-refractivity contribution >= 4 is 21.6 Å². The molecule has 0 spiro atoms. The lowest BCUT2D eigenvalue weighted by molar-refractivity contribution is 0.102. The predicted octanol–water partition coefficient (Wildman–Crippen LogP) is 1.69. The van der Waals surface area contributed by atoms with Crippen molar-refractivity contribution in [3.8, 4) is 0 Å². The highest BCUT2D eigenvalue weighted by atomic mass is 32.2. The van der Waals surface area contributed by atoms with Crippen molar-refractivity contribution < 1.29 is 22.7 Å². The van der Waals surface area contributed by atoms with Gasteiger partial charge in [-0.15, -0.1) is 0 Å². The molecule has 24 heavy (non-hydrogen) atoms. The molecule has 1 amide bonds. The molecule has 0 saturated heterocycles. The van der Waals surface area contributed by atoms with E-state index in [1.165, 1.54) is 55.6 Å². The van der Waals surface area contributed by atoms with Crippen molar-refractivity contribution in [3.63, 3.8) is 0 Å². The maximum atomic E-state index is 12.9. The summed E-state index contributed by atoms with van der Waals surface area (Å²) in [5.41, 5.74) is 0.546. The van der Waals surface area contributed by atoms with Crippen molar-refractivity contribution in [3.05, 3.63) is 59.9 Å². The highest BCUT2D eigenvalue weighted by molar-refractivity contribution is 7.89. The number of sulfonamides is 1. The first-order valence-electron chi connectivity index (χ1n) is 7.09. The number of amides is 1. The summed E-state index contributed by atoms with van der Waals surface area (Å²) in [5, 5.41) is 11.4. The second-order valence-corrected chi connectivity index (χ2v) is 7.08. The van der Waals surface area contributed by atoms with Gasteiger partial charge in [0.2, 0.25) is 10.0 Å². The molecule has 0 aromatic heterocycles. The van der Waals surface area contributed by atoms with Crippen molar-refractivity contribution in [1.82, 2.24) is 4.31 Å². The standard InChI is InChI=1S/C16H17FN2O4S/c1-19(9-10-20)24(22,23)15-4-2-3-12(11-15)16(21)18-14-7-5-13(17)6-8-14/h2-8,11,20H,9-10H2,1H3,(H,18,21). The number of anilines is 1. The minimum Gasteiger partial charge on any atom is -0.395 e. The van der Waals surface area contributed by atoms with Crippen LogP contribution >= 0.6 is 0 Å². The van der Waals surface area contributed by atoms with Crippen LogP contribution in [0.15, 0.2) is 53.4 Å². The minimum atomic E-state index is -3.79. The van der Waals surface area contributed by atoms with Gasteiger partial charge in [0.15, 0.2) is 0 Å². The monoisotopic (exact) mass is 352 g/mol. The Hall–Kier alpha value is -2.29. The van der Waals surface area contributed by atoms with E-state index in [2.05, 4.69) is 5.32 Å². The van der Waals surface area contributed by atoms with Gasteiger partial charge in [-0.2, -0.15) is 4.31 Å². The van der Waals surface area contributed by atoms with Crippen LogP contribution in [0.25, 0.3) is 0 Å². The Bertz CT molecular complexity index is 822. The zero-order valence-corrected chi connectivity index (χ0v) is 13.8. The topological polar surface area (TPSA) is 86.7 Å². The van der Waals surface area contributed by atoms with Gasteiger partial charge in [0.05, 0.1) is 11.5 Å². The van der Waals surface area contributed by atoms with Gasteiger partial charge in [-0.1, -0.05) is 6.07 Å². The lowest BCUT2D eigenvalue weighted by Crippen LogP contribution is -2.29. The number of carbonyl (C=O) groups is 1. The number of likely N-dealkylation sites (N-methyl/N-ethyl adjacent to an activating group) is 1. The summed E-state index contributed by atoms with van der Waals surface area (Å²) >= 11 is 0. The highest BCUT2D eigenvalue weighted by Crippen LogP contribution is 2.17. The fourth-order valence-electron chi connectivity index (χ4n) is 1.98. The third-order valence-corrected chi connectivity index (χ3v) is 5.17. The molecule has 0 aliphatic rings. The Kier molecular flexibility index (Phi) is 5.66.